The lowest BCUT2D eigenvalue weighted by molar-refractivity contribution is -0.160. The molecule has 0 spiro atoms. The van der Waals surface area contributed by atoms with Crippen molar-refractivity contribution in [1.82, 2.24) is 14.9 Å². The van der Waals surface area contributed by atoms with Gasteiger partial charge in [0.2, 0.25) is 11.8 Å². The molecule has 2 bridgehead atoms. The summed E-state index contributed by atoms with van der Waals surface area (Å²) < 4.78 is 50.3. The summed E-state index contributed by atoms with van der Waals surface area (Å²) >= 11 is 0. The Kier molecular flexibility index (Phi) is 4.26. The average Bonchev–Trinajstić information content (AvgIpc) is 3.19. The number of nitrogens with zero attached hydrogens (tertiary/aromatic N) is 4. The van der Waals surface area contributed by atoms with E-state index in [4.69, 9.17) is 10.3 Å². The lowest BCUT2D eigenvalue weighted by atomic mass is 9.41. The number of amides is 1. The Hall–Kier alpha value is -3.81. The molecular weight excluding hydrogens is 461 g/mol. The molecule has 7 rings (SSSR count). The zero-order valence-corrected chi connectivity index (χ0v) is 18.8. The maximum absolute atomic E-state index is 15.0. The topological polar surface area (TPSA) is 123 Å². The number of carbonyl (C=O) groups excluding carboxylic acids is 1. The van der Waals surface area contributed by atoms with Crippen LogP contribution in [0.25, 0.3) is 11.3 Å². The van der Waals surface area contributed by atoms with E-state index in [0.717, 1.165) is 12.8 Å². The minimum absolute atomic E-state index is 0.0227. The van der Waals surface area contributed by atoms with Crippen molar-refractivity contribution in [1.29, 1.82) is 5.26 Å². The molecule has 180 valence electrons. The van der Waals surface area contributed by atoms with Gasteiger partial charge in [0.15, 0.2) is 11.6 Å². The lowest BCUT2D eigenvalue weighted by Crippen LogP contribution is -2.67. The van der Waals surface area contributed by atoms with E-state index < -0.39 is 29.6 Å². The van der Waals surface area contributed by atoms with Gasteiger partial charge in [-0.1, -0.05) is 11.2 Å². The van der Waals surface area contributed by atoms with E-state index in [0.29, 0.717) is 25.0 Å². The van der Waals surface area contributed by atoms with Crippen molar-refractivity contribution in [2.75, 3.05) is 11.1 Å². The second-order valence-electron chi connectivity index (χ2n) is 10.3. The molecule has 2 heterocycles. The Morgan fingerprint density at radius 3 is 2.63 bits per heavy atom. The molecule has 4 saturated carbocycles. The molecule has 3 aromatic rings. The first-order valence-corrected chi connectivity index (χ1v) is 11.3. The summed E-state index contributed by atoms with van der Waals surface area (Å²) in [6.07, 6.45) is 2.36. The molecule has 11 heteroatoms. The zero-order chi connectivity index (χ0) is 24.8. The number of halogens is 3. The fourth-order valence-corrected chi connectivity index (χ4v) is 5.32. The molecule has 3 N–H and O–H groups in total. The van der Waals surface area contributed by atoms with Gasteiger partial charge >= 0.3 is 0 Å². The largest absolute Gasteiger partial charge is 0.383 e. The van der Waals surface area contributed by atoms with Gasteiger partial charge in [0.05, 0.1) is 17.7 Å². The fourth-order valence-electron chi connectivity index (χ4n) is 5.32. The molecule has 4 aliphatic rings. The van der Waals surface area contributed by atoms with Crippen LogP contribution in [-0.2, 0) is 22.2 Å². The highest BCUT2D eigenvalue weighted by atomic mass is 19.2. The van der Waals surface area contributed by atoms with Crippen LogP contribution in [0.4, 0.5) is 24.9 Å². The summed E-state index contributed by atoms with van der Waals surface area (Å²) in [5, 5.41) is 20.3. The molecule has 0 unspecified atom stereocenters. The van der Waals surface area contributed by atoms with Crippen LogP contribution in [-0.4, -0.2) is 26.5 Å². The molecule has 0 radical (unpaired) electrons. The number of nitrogens with two attached hydrogens (primary N) is 1. The van der Waals surface area contributed by atoms with Crippen molar-refractivity contribution >= 4 is 17.6 Å². The van der Waals surface area contributed by atoms with Gasteiger partial charge < -0.3 is 10.3 Å². The van der Waals surface area contributed by atoms with Gasteiger partial charge in [-0.2, -0.15) is 10.4 Å². The molecule has 1 aromatic carbocycles. The van der Waals surface area contributed by atoms with Crippen LogP contribution in [0, 0.1) is 23.0 Å². The standard InChI is InChI=1S/C24H21F3N6O2/c1-22(4-5-22)33-21(29)14(8-28)20(31-33)13-3-2-12(18(25)19(13)26)6-16(34)30-17-7-15(32-35-17)23-9-24(27,10-23)11-23/h2-3,7H,4-6,9-11,29H2,1H3,(H,30,34). The van der Waals surface area contributed by atoms with Crippen LogP contribution in [0.5, 0.6) is 0 Å². The fraction of sp³-hybridized carbons (Fsp3) is 0.417. The maximum atomic E-state index is 15.0. The first-order chi connectivity index (χ1) is 16.6. The molecule has 4 fully saturated rings. The molecule has 0 atom stereocenters. The number of hydrogen-bond acceptors (Lipinski definition) is 6. The number of hydrogen-bond donors (Lipinski definition) is 2. The second-order valence-corrected chi connectivity index (χ2v) is 10.3. The van der Waals surface area contributed by atoms with Crippen molar-refractivity contribution in [3.63, 3.8) is 0 Å². The number of nitrogens with one attached hydrogen (secondary N) is 1. The van der Waals surface area contributed by atoms with Crippen LogP contribution >= 0.6 is 0 Å². The van der Waals surface area contributed by atoms with E-state index in [2.05, 4.69) is 15.6 Å². The second kappa shape index (κ2) is 6.87. The third-order valence-electron chi connectivity index (χ3n) is 7.57. The quantitative estimate of drug-likeness (QED) is 0.545. The van der Waals surface area contributed by atoms with Crippen LogP contribution in [0.3, 0.4) is 0 Å². The van der Waals surface area contributed by atoms with Gasteiger partial charge in [0.25, 0.3) is 0 Å². The molecule has 35 heavy (non-hydrogen) atoms. The van der Waals surface area contributed by atoms with Crippen molar-refractivity contribution in [3.05, 3.63) is 46.7 Å². The monoisotopic (exact) mass is 482 g/mol. The molecule has 0 aliphatic heterocycles. The van der Waals surface area contributed by atoms with Crippen LogP contribution in [0.2, 0.25) is 0 Å². The van der Waals surface area contributed by atoms with Crippen LogP contribution in [0.1, 0.15) is 55.8 Å². The van der Waals surface area contributed by atoms with Gasteiger partial charge in [-0.25, -0.2) is 17.9 Å². The van der Waals surface area contributed by atoms with Crippen molar-refractivity contribution in [2.24, 2.45) is 0 Å². The molecule has 4 aliphatic carbocycles. The van der Waals surface area contributed by atoms with E-state index in [1.165, 1.54) is 16.8 Å². The Labute approximate surface area is 197 Å². The third kappa shape index (κ3) is 3.16. The van der Waals surface area contributed by atoms with Gasteiger partial charge in [0.1, 0.15) is 28.8 Å². The normalized spacial score (nSPS) is 25.3. The average molecular weight is 482 g/mol. The summed E-state index contributed by atoms with van der Waals surface area (Å²) in [5.74, 6) is -2.90. The Balaban J connectivity index is 1.20. The number of benzene rings is 1. The Morgan fingerprint density at radius 2 is 2.00 bits per heavy atom. The third-order valence-corrected chi connectivity index (χ3v) is 7.57. The number of aromatic nitrogens is 3. The first kappa shape index (κ1) is 21.7. The Morgan fingerprint density at radius 1 is 1.29 bits per heavy atom. The number of alkyl halides is 1. The van der Waals surface area contributed by atoms with Crippen LogP contribution < -0.4 is 11.1 Å². The summed E-state index contributed by atoms with van der Waals surface area (Å²) in [4.78, 5) is 12.4. The molecule has 8 nitrogen and oxygen atoms in total. The summed E-state index contributed by atoms with van der Waals surface area (Å²) in [6.45, 7) is 1.92. The van der Waals surface area contributed by atoms with Gasteiger partial charge in [-0.15, -0.1) is 0 Å². The van der Waals surface area contributed by atoms with Crippen molar-refractivity contribution < 1.29 is 22.5 Å². The van der Waals surface area contributed by atoms with Gasteiger partial charge in [0, 0.05) is 22.6 Å². The van der Waals surface area contributed by atoms with E-state index >= 15 is 4.39 Å². The number of rotatable bonds is 6. The Bertz CT molecular complexity index is 1430. The van der Waals surface area contributed by atoms with E-state index in [1.54, 1.807) is 6.07 Å². The van der Waals surface area contributed by atoms with Gasteiger partial charge in [-0.05, 0) is 45.1 Å². The maximum Gasteiger partial charge on any atom is 0.231 e. The predicted molar refractivity (Wildman–Crippen MR) is 118 cm³/mol. The molecule has 1 amide bonds. The highest BCUT2D eigenvalue weighted by Crippen LogP contribution is 2.69. The van der Waals surface area contributed by atoms with Crippen molar-refractivity contribution in [3.8, 4) is 17.3 Å². The summed E-state index contributed by atoms with van der Waals surface area (Å²) in [6, 6.07) is 6.03. The smallest absolute Gasteiger partial charge is 0.231 e. The number of nitriles is 1. The van der Waals surface area contributed by atoms with E-state index in [9.17, 15) is 18.8 Å². The van der Waals surface area contributed by atoms with Crippen molar-refractivity contribution in [2.45, 2.75) is 62.1 Å². The lowest BCUT2D eigenvalue weighted by Gasteiger charge is -2.64. The first-order valence-electron chi connectivity index (χ1n) is 11.3. The zero-order valence-electron chi connectivity index (χ0n) is 18.8. The highest BCUT2D eigenvalue weighted by Gasteiger charge is 2.71. The molecule has 0 saturated heterocycles. The minimum atomic E-state index is -1.22. The predicted octanol–water partition coefficient (Wildman–Crippen LogP) is 4.10. The number of carbonyl (C=O) groups is 1. The van der Waals surface area contributed by atoms with E-state index in [-0.39, 0.29) is 45.0 Å². The van der Waals surface area contributed by atoms with Crippen LogP contribution in [0.15, 0.2) is 22.7 Å². The summed E-state index contributed by atoms with van der Waals surface area (Å²) in [7, 11) is 0. The molecular formula is C24H21F3N6O2. The minimum Gasteiger partial charge on any atom is -0.383 e. The van der Waals surface area contributed by atoms with E-state index in [1.807, 2.05) is 13.0 Å². The number of nitrogen functional groups attached to an aromatic ring is 1. The number of anilines is 2. The highest BCUT2D eigenvalue weighted by molar-refractivity contribution is 5.91. The SMILES string of the molecule is CC1(n2nc(-c3ccc(CC(=O)Nc4cc(C56CC(F)(C5)C6)no4)c(F)c3F)c(C#N)c2N)CC1. The molecule has 2 aromatic heterocycles. The summed E-state index contributed by atoms with van der Waals surface area (Å²) in [5.41, 5.74) is 4.45. The van der Waals surface area contributed by atoms with Gasteiger partial charge in [-0.3, -0.25) is 10.1 Å².